The van der Waals surface area contributed by atoms with Crippen molar-refractivity contribution in [3.63, 3.8) is 0 Å². The number of nitrogens with zero attached hydrogens (tertiary/aromatic N) is 3. The molecule has 0 bridgehead atoms. The largest absolute Gasteiger partial charge is 0.462 e. The van der Waals surface area contributed by atoms with Crippen LogP contribution in [0.25, 0.3) is 0 Å². The Balaban J connectivity index is 0.000000295. The fourth-order valence-corrected chi connectivity index (χ4v) is 2.15. The molecule has 8 heteroatoms. The normalized spacial score (nSPS) is 18.1. The molecule has 1 aliphatic heterocycles. The zero-order valence-corrected chi connectivity index (χ0v) is 13.5. The van der Waals surface area contributed by atoms with Crippen molar-refractivity contribution in [3.8, 4) is 0 Å². The Kier molecular flexibility index (Phi) is 6.48. The molecule has 124 valence electrons. The van der Waals surface area contributed by atoms with Crippen LogP contribution in [0, 0.1) is 17.0 Å². The highest BCUT2D eigenvalue weighted by molar-refractivity contribution is 5.37. The molecule has 1 aromatic heterocycles. The van der Waals surface area contributed by atoms with Gasteiger partial charge >= 0.3 is 5.69 Å². The summed E-state index contributed by atoms with van der Waals surface area (Å²) in [5, 5.41) is 18.0. The molecular formula is C14H24N4O4. The van der Waals surface area contributed by atoms with Crippen LogP contribution in [0.1, 0.15) is 45.3 Å². The van der Waals surface area contributed by atoms with E-state index in [-0.39, 0.29) is 22.3 Å². The number of hydrogen-bond acceptors (Lipinski definition) is 6. The van der Waals surface area contributed by atoms with E-state index in [0.717, 1.165) is 25.9 Å². The SMILES string of the molecule is CC(C)(C)OC=O.Cc1c([N+](=O)[O-])cnn1C1CCCNC1. The number of carbonyl (C=O) groups is 1. The van der Waals surface area contributed by atoms with E-state index in [9.17, 15) is 14.9 Å². The monoisotopic (exact) mass is 312 g/mol. The summed E-state index contributed by atoms with van der Waals surface area (Å²) in [6.07, 6.45) is 3.47. The van der Waals surface area contributed by atoms with Crippen molar-refractivity contribution in [2.45, 2.75) is 52.2 Å². The quantitative estimate of drug-likeness (QED) is 0.520. The number of ether oxygens (including phenoxy) is 1. The highest BCUT2D eigenvalue weighted by atomic mass is 16.6. The van der Waals surface area contributed by atoms with Gasteiger partial charge in [0.05, 0.1) is 11.0 Å². The third-order valence-corrected chi connectivity index (χ3v) is 3.23. The maximum Gasteiger partial charge on any atom is 0.309 e. The van der Waals surface area contributed by atoms with Crippen molar-refractivity contribution in [2.24, 2.45) is 0 Å². The molecule has 8 nitrogen and oxygen atoms in total. The molecule has 0 radical (unpaired) electrons. The van der Waals surface area contributed by atoms with E-state index in [1.807, 2.05) is 20.8 Å². The third kappa shape index (κ3) is 5.44. The second kappa shape index (κ2) is 7.88. The van der Waals surface area contributed by atoms with Gasteiger partial charge in [-0.25, -0.2) is 0 Å². The molecule has 1 atom stereocenters. The van der Waals surface area contributed by atoms with Crippen LogP contribution in [0.5, 0.6) is 0 Å². The summed E-state index contributed by atoms with van der Waals surface area (Å²) in [5.74, 6) is 0. The first-order valence-corrected chi connectivity index (χ1v) is 7.27. The molecule has 0 amide bonds. The van der Waals surface area contributed by atoms with Gasteiger partial charge in [0.15, 0.2) is 0 Å². The van der Waals surface area contributed by atoms with Crippen molar-refractivity contribution in [1.29, 1.82) is 0 Å². The first kappa shape index (κ1) is 18.1. The summed E-state index contributed by atoms with van der Waals surface area (Å²) in [4.78, 5) is 19.9. The first-order valence-electron chi connectivity index (χ1n) is 7.27. The van der Waals surface area contributed by atoms with E-state index in [2.05, 4.69) is 15.2 Å². The Morgan fingerprint density at radius 3 is 2.59 bits per heavy atom. The molecule has 2 heterocycles. The van der Waals surface area contributed by atoms with Crippen molar-refractivity contribution in [1.82, 2.24) is 15.1 Å². The minimum Gasteiger partial charge on any atom is -0.462 e. The molecule has 2 rings (SSSR count). The first-order chi connectivity index (χ1) is 10.3. The number of hydrogen-bond donors (Lipinski definition) is 1. The summed E-state index contributed by atoms with van der Waals surface area (Å²) < 4.78 is 6.32. The van der Waals surface area contributed by atoms with Gasteiger partial charge in [0.25, 0.3) is 6.47 Å². The van der Waals surface area contributed by atoms with Crippen molar-refractivity contribution in [2.75, 3.05) is 13.1 Å². The molecule has 1 N–H and O–H groups in total. The highest BCUT2D eigenvalue weighted by Crippen LogP contribution is 2.23. The molecular weight excluding hydrogens is 288 g/mol. The smallest absolute Gasteiger partial charge is 0.309 e. The summed E-state index contributed by atoms with van der Waals surface area (Å²) in [6, 6.07) is 0.257. The van der Waals surface area contributed by atoms with Gasteiger partial charge in [-0.1, -0.05) is 0 Å². The molecule has 1 unspecified atom stereocenters. The number of nitrogens with one attached hydrogen (secondary N) is 1. The Hall–Kier alpha value is -1.96. The van der Waals surface area contributed by atoms with Gasteiger partial charge in [-0.2, -0.15) is 5.10 Å². The van der Waals surface area contributed by atoms with Gasteiger partial charge in [-0.3, -0.25) is 19.6 Å². The van der Waals surface area contributed by atoms with Gasteiger partial charge in [-0.15, -0.1) is 0 Å². The average molecular weight is 312 g/mol. The number of rotatable bonds is 3. The Labute approximate surface area is 130 Å². The molecule has 1 aliphatic rings. The van der Waals surface area contributed by atoms with Gasteiger partial charge < -0.3 is 10.1 Å². The van der Waals surface area contributed by atoms with Crippen LogP contribution in [0.4, 0.5) is 5.69 Å². The minimum atomic E-state index is -0.380. The predicted molar refractivity (Wildman–Crippen MR) is 81.7 cm³/mol. The van der Waals surface area contributed by atoms with Crippen LogP contribution < -0.4 is 5.32 Å². The molecule has 0 aromatic carbocycles. The van der Waals surface area contributed by atoms with Gasteiger partial charge in [0.1, 0.15) is 17.5 Å². The van der Waals surface area contributed by atoms with Crippen molar-refractivity contribution < 1.29 is 14.5 Å². The molecule has 1 fully saturated rings. The van der Waals surface area contributed by atoms with Crippen LogP contribution >= 0.6 is 0 Å². The predicted octanol–water partition coefficient (Wildman–Crippen LogP) is 1.98. The van der Waals surface area contributed by atoms with Crippen molar-refractivity contribution in [3.05, 3.63) is 22.0 Å². The van der Waals surface area contributed by atoms with Gasteiger partial charge in [0, 0.05) is 6.54 Å². The third-order valence-electron chi connectivity index (χ3n) is 3.23. The molecule has 0 aliphatic carbocycles. The Morgan fingerprint density at radius 2 is 2.23 bits per heavy atom. The van der Waals surface area contributed by atoms with Gasteiger partial charge in [0.2, 0.25) is 0 Å². The second-order valence-corrected chi connectivity index (χ2v) is 6.14. The summed E-state index contributed by atoms with van der Waals surface area (Å²) in [5.41, 5.74) is 0.441. The van der Waals surface area contributed by atoms with E-state index in [1.54, 1.807) is 11.6 Å². The lowest BCUT2D eigenvalue weighted by Crippen LogP contribution is -2.32. The van der Waals surface area contributed by atoms with E-state index in [1.165, 1.54) is 6.20 Å². The zero-order chi connectivity index (χ0) is 16.8. The Bertz CT molecular complexity index is 501. The topological polar surface area (TPSA) is 99.3 Å². The van der Waals surface area contributed by atoms with E-state index in [4.69, 9.17) is 0 Å². The maximum atomic E-state index is 10.7. The van der Waals surface area contributed by atoms with Gasteiger partial charge in [-0.05, 0) is 47.1 Å². The number of piperidine rings is 1. The van der Waals surface area contributed by atoms with Crippen LogP contribution in [0.2, 0.25) is 0 Å². The van der Waals surface area contributed by atoms with E-state index >= 15 is 0 Å². The summed E-state index contributed by atoms with van der Waals surface area (Å²) in [7, 11) is 0. The number of nitro groups is 1. The molecule has 1 saturated heterocycles. The lowest BCUT2D eigenvalue weighted by Gasteiger charge is -2.23. The van der Waals surface area contributed by atoms with E-state index in [0.29, 0.717) is 12.2 Å². The van der Waals surface area contributed by atoms with Crippen LogP contribution in [0.15, 0.2) is 6.20 Å². The number of aromatic nitrogens is 2. The number of carbonyl (C=O) groups excluding carboxylic acids is 1. The lowest BCUT2D eigenvalue weighted by molar-refractivity contribution is -0.385. The molecule has 1 aromatic rings. The summed E-state index contributed by atoms with van der Waals surface area (Å²) >= 11 is 0. The van der Waals surface area contributed by atoms with E-state index < -0.39 is 0 Å². The molecule has 22 heavy (non-hydrogen) atoms. The van der Waals surface area contributed by atoms with Crippen molar-refractivity contribution >= 4 is 12.2 Å². The van der Waals surface area contributed by atoms with Crippen LogP contribution in [-0.4, -0.2) is 39.9 Å². The highest BCUT2D eigenvalue weighted by Gasteiger charge is 2.22. The summed E-state index contributed by atoms with van der Waals surface area (Å²) in [6.45, 7) is 9.54. The molecule has 0 spiro atoms. The fraction of sp³-hybridized carbons (Fsp3) is 0.714. The lowest BCUT2D eigenvalue weighted by atomic mass is 10.1. The zero-order valence-electron chi connectivity index (χ0n) is 13.5. The van der Waals surface area contributed by atoms with Crippen LogP contribution in [0.3, 0.4) is 0 Å². The molecule has 0 saturated carbocycles. The van der Waals surface area contributed by atoms with Crippen LogP contribution in [-0.2, 0) is 9.53 Å². The standard InChI is InChI=1S/C9H14N4O2.C5H10O2/c1-7-9(13(14)15)6-11-12(7)8-3-2-4-10-5-8;1-5(2,3)7-4-6/h6,8,10H,2-5H2,1H3;4H,1-3H3. The fourth-order valence-electron chi connectivity index (χ4n) is 2.15. The maximum absolute atomic E-state index is 10.7. The Morgan fingerprint density at radius 1 is 1.55 bits per heavy atom. The second-order valence-electron chi connectivity index (χ2n) is 6.14. The average Bonchev–Trinajstić information content (AvgIpc) is 2.81. The minimum absolute atomic E-state index is 0.112.